The fourth-order valence-electron chi connectivity index (χ4n) is 12.0. The Bertz CT molecular complexity index is 3400. The lowest BCUT2D eigenvalue weighted by Gasteiger charge is -2.44. The van der Waals surface area contributed by atoms with E-state index in [4.69, 9.17) is 0 Å². The molecule has 24 heteroatoms. The molecule has 0 saturated carbocycles. The van der Waals surface area contributed by atoms with Gasteiger partial charge in [0.25, 0.3) is 0 Å². The van der Waals surface area contributed by atoms with E-state index in [1.165, 1.54) is 98.8 Å². The lowest BCUT2D eigenvalue weighted by Crippen LogP contribution is -3.12. The molecule has 0 unspecified atom stereocenters. The molecule has 2 N–H and O–H groups in total. The highest BCUT2D eigenvalue weighted by molar-refractivity contribution is 7.20. The van der Waals surface area contributed by atoms with Gasteiger partial charge < -0.3 is 9.80 Å². The van der Waals surface area contributed by atoms with Gasteiger partial charge in [0, 0.05) is 0 Å². The first-order valence-corrected chi connectivity index (χ1v) is 30.2. The smallest absolute Gasteiger partial charge is 0.200 e. The molecule has 0 radical (unpaired) electrons. The third-order valence-electron chi connectivity index (χ3n) is 16.6. The van der Waals surface area contributed by atoms with Crippen LogP contribution in [0.5, 0.6) is 0 Å². The van der Waals surface area contributed by atoms with Crippen LogP contribution in [0.2, 0.25) is 0 Å². The van der Waals surface area contributed by atoms with Gasteiger partial charge in [-0.05, 0) is 45.2 Å². The van der Waals surface area contributed by atoms with Crippen LogP contribution in [0.25, 0.3) is 0 Å². The highest BCUT2D eigenvalue weighted by atomic mass is 19.2. The molecule has 0 spiro atoms. The van der Waals surface area contributed by atoms with Crippen molar-refractivity contribution in [1.29, 1.82) is 0 Å². The largest absolute Gasteiger partial charge is 0.335 e. The molecule has 9 aromatic rings. The second-order valence-corrected chi connectivity index (χ2v) is 22.0. The van der Waals surface area contributed by atoms with E-state index in [0.717, 1.165) is 0 Å². The zero-order valence-corrected chi connectivity index (χ0v) is 51.4. The Morgan fingerprint density at radius 2 is 0.415 bits per heavy atom. The molecule has 94 heavy (non-hydrogen) atoms. The molecule has 0 bridgehead atoms. The Balaban J connectivity index is 0.000000236. The third kappa shape index (κ3) is 14.9. The summed E-state index contributed by atoms with van der Waals surface area (Å²) in [5.41, 5.74) is -7.57. The van der Waals surface area contributed by atoms with Crippen LogP contribution in [-0.4, -0.2) is 45.0 Å². The number of benzene rings is 9. The second kappa shape index (κ2) is 33.6. The summed E-state index contributed by atoms with van der Waals surface area (Å²) in [6.07, 6.45) is -0.169. The number of nitrogens with one attached hydrogen (secondary N) is 2. The molecule has 9 rings (SSSR count). The number of halogens is 20. The summed E-state index contributed by atoms with van der Waals surface area (Å²) in [5.74, 6) is -71.4. The summed E-state index contributed by atoms with van der Waals surface area (Å²) in [6.45, 7) is 17.8. The lowest BCUT2D eigenvalue weighted by atomic mass is 9.12. The summed E-state index contributed by atoms with van der Waals surface area (Å²) in [6, 6.07) is 54.1. The standard InChI is InChI=1S/C24BF20.C24H20B.C12H27N.C10H15N/c26-5-1(6(27)14(35)21(42)13(5)34)25(2-7(28)15(36)22(43)16(37)8(2)29,3-9(30)17(38)23(44)18(39)10(3)31)4-11(32)19(40)24(45)20(41)12(4)33;1-5-13-21(14-6-1)25(22-15-7-2-8-16-22,23-17-9-3-10-18-23)24-19-11-4-12-20-24;1-4-7-10-13(11-8-5-2)12-9-6-3;1-3-11(4-2)10-8-6-5-7-9-10/h;1-20H;4-12H2,1-3H3;5-9H,3-4H2,1-2H3/q2*-1;;/p+2. The summed E-state index contributed by atoms with van der Waals surface area (Å²) < 4.78 is 294. The van der Waals surface area contributed by atoms with Crippen LogP contribution < -0.4 is 53.5 Å². The van der Waals surface area contributed by atoms with E-state index in [2.05, 4.69) is 186 Å². The topological polar surface area (TPSA) is 8.88 Å². The minimum Gasteiger partial charge on any atom is -0.335 e. The molecule has 9 aromatic carbocycles. The monoisotopic (exact) mass is 1330 g/mol. The Morgan fingerprint density at radius 3 is 0.596 bits per heavy atom. The Labute approximate surface area is 531 Å². The van der Waals surface area contributed by atoms with E-state index in [9.17, 15) is 52.7 Å². The van der Waals surface area contributed by atoms with E-state index in [1.807, 2.05) is 4.90 Å². The van der Waals surface area contributed by atoms with Gasteiger partial charge in [0.15, 0.2) is 69.8 Å². The summed E-state index contributed by atoms with van der Waals surface area (Å²) in [5, 5.41) is 0. The van der Waals surface area contributed by atoms with Crippen LogP contribution in [0.3, 0.4) is 0 Å². The van der Waals surface area contributed by atoms with Crippen LogP contribution >= 0.6 is 0 Å². The molecule has 0 atom stereocenters. The maximum absolute atomic E-state index is 15.4. The first-order chi connectivity index (χ1) is 44.8. The number of unbranched alkanes of at least 4 members (excludes halogenated alkanes) is 3. The highest BCUT2D eigenvalue weighted by Crippen LogP contribution is 2.31. The molecule has 0 amide bonds. The van der Waals surface area contributed by atoms with Crippen molar-refractivity contribution >= 4 is 61.7 Å². The summed E-state index contributed by atoms with van der Waals surface area (Å²) in [7, 11) is 0. The number of hydrogen-bond donors (Lipinski definition) is 2. The number of para-hydroxylation sites is 1. The first kappa shape index (κ1) is 74.7. The SMILES string of the molecule is CCCC[NH+](CCCC)CCCC.CC[NH+](CC)c1ccccc1.Fc1c(F)c(F)c([B-](c2c(F)c(F)c(F)c(F)c2F)(c2c(F)c(F)c(F)c(F)c2F)c2c(F)c(F)c(F)c(F)c2F)c(F)c1F.c1ccc([B-](c2ccccc2)(c2ccccc2)c2ccccc2)cc1. The fourth-order valence-corrected chi connectivity index (χ4v) is 12.0. The fraction of sp³-hybridized carbons (Fsp3) is 0.229. The van der Waals surface area contributed by atoms with Gasteiger partial charge in [-0.2, -0.15) is 21.9 Å². The average molecular weight is 1330 g/mol. The van der Waals surface area contributed by atoms with Crippen molar-refractivity contribution in [3.05, 3.63) is 268 Å². The molecule has 0 fully saturated rings. The quantitative estimate of drug-likeness (QED) is 0.0326. The van der Waals surface area contributed by atoms with E-state index >= 15 is 35.1 Å². The molecule has 500 valence electrons. The minimum absolute atomic E-state index is 1.17. The predicted octanol–water partition coefficient (Wildman–Crippen LogP) is 12.4. The van der Waals surface area contributed by atoms with Crippen LogP contribution in [-0.2, 0) is 0 Å². The van der Waals surface area contributed by atoms with Crippen LogP contribution in [0.4, 0.5) is 93.5 Å². The normalized spacial score (nSPS) is 11.5. The molecular formula is C70H64B2F20N2. The number of hydrogen-bond acceptors (Lipinski definition) is 0. The van der Waals surface area contributed by atoms with Crippen molar-refractivity contribution in [3.63, 3.8) is 0 Å². The van der Waals surface area contributed by atoms with Crippen molar-refractivity contribution in [2.75, 3.05) is 32.7 Å². The molecule has 0 aliphatic rings. The van der Waals surface area contributed by atoms with Crippen molar-refractivity contribution < 1.29 is 97.6 Å². The van der Waals surface area contributed by atoms with Gasteiger partial charge in [0.1, 0.15) is 64.5 Å². The van der Waals surface area contributed by atoms with Gasteiger partial charge in [-0.1, -0.05) is 180 Å². The van der Waals surface area contributed by atoms with Gasteiger partial charge in [-0.3, -0.25) is 0 Å². The first-order valence-electron chi connectivity index (χ1n) is 30.2. The van der Waals surface area contributed by atoms with Crippen molar-refractivity contribution in [2.24, 2.45) is 0 Å². The van der Waals surface area contributed by atoms with Crippen LogP contribution in [0, 0.1) is 116 Å². The highest BCUT2D eigenvalue weighted by Gasteiger charge is 2.52. The molecule has 0 saturated heterocycles. The van der Waals surface area contributed by atoms with E-state index in [1.54, 1.807) is 4.90 Å². The molecular weight excluding hydrogens is 1270 g/mol. The van der Waals surface area contributed by atoms with Crippen molar-refractivity contribution in [1.82, 2.24) is 0 Å². The molecule has 2 nitrogen and oxygen atoms in total. The summed E-state index contributed by atoms with van der Waals surface area (Å²) >= 11 is 0. The number of rotatable bonds is 20. The third-order valence-corrected chi connectivity index (χ3v) is 16.6. The molecule has 0 heterocycles. The summed E-state index contributed by atoms with van der Waals surface area (Å²) in [4.78, 5) is 3.39. The van der Waals surface area contributed by atoms with Gasteiger partial charge in [0.05, 0.1) is 32.7 Å². The van der Waals surface area contributed by atoms with E-state index in [-0.39, 0.29) is 0 Å². The molecule has 0 aliphatic heterocycles. The lowest BCUT2D eigenvalue weighted by molar-refractivity contribution is -0.900. The zero-order chi connectivity index (χ0) is 69.4. The predicted molar refractivity (Wildman–Crippen MR) is 328 cm³/mol. The second-order valence-electron chi connectivity index (χ2n) is 22.0. The van der Waals surface area contributed by atoms with Crippen LogP contribution in [0.15, 0.2) is 152 Å². The minimum atomic E-state index is -7.22. The Hall–Kier alpha value is -8.37. The van der Waals surface area contributed by atoms with Crippen molar-refractivity contribution in [3.8, 4) is 0 Å². The van der Waals surface area contributed by atoms with Crippen LogP contribution in [0.1, 0.15) is 73.1 Å². The molecule has 0 aromatic heterocycles. The van der Waals surface area contributed by atoms with Gasteiger partial charge in [-0.25, -0.2) is 87.8 Å². The number of quaternary nitrogens is 2. The van der Waals surface area contributed by atoms with Gasteiger partial charge in [-0.15, -0.1) is 21.9 Å². The van der Waals surface area contributed by atoms with Gasteiger partial charge >= 0.3 is 0 Å². The maximum atomic E-state index is 15.4. The van der Waals surface area contributed by atoms with E-state index in [0.29, 0.717) is 0 Å². The van der Waals surface area contributed by atoms with Gasteiger partial charge in [0.2, 0.25) is 0 Å². The Morgan fingerprint density at radius 1 is 0.234 bits per heavy atom. The van der Waals surface area contributed by atoms with Crippen molar-refractivity contribution in [2.45, 2.75) is 73.1 Å². The molecule has 0 aliphatic carbocycles. The maximum Gasteiger partial charge on any atom is 0.200 e. The average Bonchev–Trinajstić information content (AvgIpc) is 0.683. The Kier molecular flexibility index (Phi) is 26.7. The zero-order valence-electron chi connectivity index (χ0n) is 51.4. The van der Waals surface area contributed by atoms with E-state index < -0.39 is 150 Å².